The second kappa shape index (κ2) is 8.26. The number of nitrogens with zero attached hydrogens (tertiary/aromatic N) is 1. The summed E-state index contributed by atoms with van der Waals surface area (Å²) in [4.78, 5) is 25.4. The highest BCUT2D eigenvalue weighted by Crippen LogP contribution is 2.22. The Hall–Kier alpha value is -2.24. The zero-order valence-electron chi connectivity index (χ0n) is 13.8. The lowest BCUT2D eigenvalue weighted by molar-refractivity contribution is -0.130. The number of amides is 2. The third kappa shape index (κ3) is 4.95. The van der Waals surface area contributed by atoms with E-state index in [4.69, 9.17) is 9.47 Å². The number of nitrogens with one attached hydrogen (secondary N) is 1. The van der Waals surface area contributed by atoms with Gasteiger partial charge in [-0.25, -0.2) is 0 Å². The summed E-state index contributed by atoms with van der Waals surface area (Å²) < 4.78 is 10.3. The van der Waals surface area contributed by atoms with Gasteiger partial charge in [0.05, 0.1) is 14.2 Å². The Kier molecular flexibility index (Phi) is 6.69. The minimum absolute atomic E-state index is 0.00713. The highest BCUT2D eigenvalue weighted by atomic mass is 16.5. The lowest BCUT2D eigenvalue weighted by atomic mass is 10.2. The molecule has 0 aromatic heterocycles. The number of hydrogen-bond acceptors (Lipinski definition) is 4. The molecule has 0 spiro atoms. The fourth-order valence-corrected chi connectivity index (χ4v) is 2.11. The average Bonchev–Trinajstić information content (AvgIpc) is 2.49. The first-order valence-corrected chi connectivity index (χ1v) is 7.17. The van der Waals surface area contributed by atoms with Crippen molar-refractivity contribution in [2.24, 2.45) is 0 Å². The van der Waals surface area contributed by atoms with E-state index in [1.807, 2.05) is 13.8 Å². The number of methoxy groups -OCH3 is 2. The third-order valence-electron chi connectivity index (χ3n) is 3.28. The van der Waals surface area contributed by atoms with E-state index in [-0.39, 0.29) is 17.9 Å². The van der Waals surface area contributed by atoms with E-state index in [0.29, 0.717) is 30.2 Å². The predicted molar refractivity (Wildman–Crippen MR) is 84.4 cm³/mol. The maximum absolute atomic E-state index is 12.2. The molecule has 0 unspecified atom stereocenters. The molecule has 0 aliphatic heterocycles. The number of carbonyl (C=O) groups excluding carboxylic acids is 2. The summed E-state index contributed by atoms with van der Waals surface area (Å²) in [6.07, 6.45) is 0. The van der Waals surface area contributed by atoms with Gasteiger partial charge in [0.25, 0.3) is 5.91 Å². The summed E-state index contributed by atoms with van der Waals surface area (Å²) >= 11 is 0. The van der Waals surface area contributed by atoms with Gasteiger partial charge >= 0.3 is 0 Å². The Morgan fingerprint density at radius 2 is 1.68 bits per heavy atom. The summed E-state index contributed by atoms with van der Waals surface area (Å²) in [5, 5.41) is 2.80. The summed E-state index contributed by atoms with van der Waals surface area (Å²) in [6.45, 7) is 6.26. The maximum atomic E-state index is 12.2. The molecule has 1 rings (SSSR count). The number of benzene rings is 1. The molecule has 22 heavy (non-hydrogen) atoms. The quantitative estimate of drug-likeness (QED) is 0.832. The van der Waals surface area contributed by atoms with Gasteiger partial charge in [-0.15, -0.1) is 0 Å². The van der Waals surface area contributed by atoms with Crippen LogP contribution in [0.3, 0.4) is 0 Å². The normalized spacial score (nSPS) is 10.3. The van der Waals surface area contributed by atoms with Crippen molar-refractivity contribution in [2.75, 3.05) is 27.3 Å². The van der Waals surface area contributed by atoms with Crippen molar-refractivity contribution in [3.05, 3.63) is 23.8 Å². The van der Waals surface area contributed by atoms with Gasteiger partial charge in [0.15, 0.2) is 0 Å². The fraction of sp³-hybridized carbons (Fsp3) is 0.500. The molecule has 122 valence electrons. The molecule has 1 aromatic carbocycles. The molecule has 6 heteroatoms. The smallest absolute Gasteiger partial charge is 0.251 e. The van der Waals surface area contributed by atoms with Crippen LogP contribution in [0.2, 0.25) is 0 Å². The molecule has 0 fully saturated rings. The Balaban J connectivity index is 2.67. The van der Waals surface area contributed by atoms with Gasteiger partial charge in [0, 0.05) is 37.7 Å². The summed E-state index contributed by atoms with van der Waals surface area (Å²) in [6, 6.07) is 5.09. The summed E-state index contributed by atoms with van der Waals surface area (Å²) in [5.41, 5.74) is 0.454. The zero-order valence-corrected chi connectivity index (χ0v) is 13.8. The SMILES string of the molecule is COc1cc(OC)cc(C(=O)NCCN(C(C)=O)C(C)C)c1. The van der Waals surface area contributed by atoms with Gasteiger partial charge in [-0.3, -0.25) is 9.59 Å². The van der Waals surface area contributed by atoms with Crippen LogP contribution in [0.4, 0.5) is 0 Å². The molecule has 0 saturated carbocycles. The molecule has 2 amide bonds. The van der Waals surface area contributed by atoms with Gasteiger partial charge < -0.3 is 19.7 Å². The molecule has 0 heterocycles. The van der Waals surface area contributed by atoms with E-state index >= 15 is 0 Å². The molecular weight excluding hydrogens is 284 g/mol. The first-order chi connectivity index (χ1) is 10.4. The lowest BCUT2D eigenvalue weighted by Gasteiger charge is -2.25. The average molecular weight is 308 g/mol. The van der Waals surface area contributed by atoms with Crippen molar-refractivity contribution in [3.8, 4) is 11.5 Å². The Morgan fingerprint density at radius 1 is 1.14 bits per heavy atom. The second-order valence-corrected chi connectivity index (χ2v) is 5.16. The minimum atomic E-state index is -0.232. The maximum Gasteiger partial charge on any atom is 0.251 e. The minimum Gasteiger partial charge on any atom is -0.497 e. The Labute approximate surface area is 131 Å². The van der Waals surface area contributed by atoms with Crippen molar-refractivity contribution < 1.29 is 19.1 Å². The van der Waals surface area contributed by atoms with Crippen LogP contribution >= 0.6 is 0 Å². The summed E-state index contributed by atoms with van der Waals surface area (Å²) in [7, 11) is 3.06. The Bertz CT molecular complexity index is 507. The zero-order chi connectivity index (χ0) is 16.7. The number of ether oxygens (including phenoxy) is 2. The van der Waals surface area contributed by atoms with Gasteiger partial charge in [-0.2, -0.15) is 0 Å². The standard InChI is InChI=1S/C16H24N2O4/c1-11(2)18(12(3)19)7-6-17-16(20)13-8-14(21-4)10-15(9-13)22-5/h8-11H,6-7H2,1-5H3,(H,17,20). The highest BCUT2D eigenvalue weighted by molar-refractivity contribution is 5.95. The molecule has 1 aromatic rings. The largest absolute Gasteiger partial charge is 0.497 e. The van der Waals surface area contributed by atoms with Crippen molar-refractivity contribution in [1.29, 1.82) is 0 Å². The fourth-order valence-electron chi connectivity index (χ4n) is 2.11. The van der Waals surface area contributed by atoms with Crippen molar-refractivity contribution in [3.63, 3.8) is 0 Å². The van der Waals surface area contributed by atoms with Crippen LogP contribution in [-0.2, 0) is 4.79 Å². The van der Waals surface area contributed by atoms with E-state index in [0.717, 1.165) is 0 Å². The number of hydrogen-bond donors (Lipinski definition) is 1. The van der Waals surface area contributed by atoms with E-state index in [1.54, 1.807) is 23.1 Å². The van der Waals surface area contributed by atoms with Crippen LogP contribution in [0.5, 0.6) is 11.5 Å². The van der Waals surface area contributed by atoms with Gasteiger partial charge in [-0.05, 0) is 26.0 Å². The van der Waals surface area contributed by atoms with E-state index in [9.17, 15) is 9.59 Å². The van der Waals surface area contributed by atoms with Crippen LogP contribution in [0, 0.1) is 0 Å². The topological polar surface area (TPSA) is 67.9 Å². The molecule has 0 atom stereocenters. The van der Waals surface area contributed by atoms with Crippen LogP contribution in [0.1, 0.15) is 31.1 Å². The van der Waals surface area contributed by atoms with Crippen molar-refractivity contribution in [2.45, 2.75) is 26.8 Å². The number of rotatable bonds is 7. The van der Waals surface area contributed by atoms with E-state index in [2.05, 4.69) is 5.32 Å². The highest BCUT2D eigenvalue weighted by Gasteiger charge is 2.14. The van der Waals surface area contributed by atoms with Crippen molar-refractivity contribution in [1.82, 2.24) is 10.2 Å². The van der Waals surface area contributed by atoms with Crippen LogP contribution in [0.25, 0.3) is 0 Å². The second-order valence-electron chi connectivity index (χ2n) is 5.16. The van der Waals surface area contributed by atoms with Gasteiger partial charge in [-0.1, -0.05) is 0 Å². The number of carbonyl (C=O) groups is 2. The molecule has 6 nitrogen and oxygen atoms in total. The molecule has 0 bridgehead atoms. The molecule has 0 radical (unpaired) electrons. The van der Waals surface area contributed by atoms with Gasteiger partial charge in [0.1, 0.15) is 11.5 Å². The molecular formula is C16H24N2O4. The van der Waals surface area contributed by atoms with E-state index < -0.39 is 0 Å². The lowest BCUT2D eigenvalue weighted by Crippen LogP contribution is -2.41. The van der Waals surface area contributed by atoms with Crippen LogP contribution < -0.4 is 14.8 Å². The van der Waals surface area contributed by atoms with Crippen LogP contribution in [0.15, 0.2) is 18.2 Å². The van der Waals surface area contributed by atoms with Crippen molar-refractivity contribution >= 4 is 11.8 Å². The Morgan fingerprint density at radius 3 is 2.09 bits per heavy atom. The molecule has 0 aliphatic rings. The van der Waals surface area contributed by atoms with Gasteiger partial charge in [0.2, 0.25) is 5.91 Å². The molecule has 0 saturated heterocycles. The molecule has 0 aliphatic carbocycles. The first-order valence-electron chi connectivity index (χ1n) is 7.17. The monoisotopic (exact) mass is 308 g/mol. The van der Waals surface area contributed by atoms with Crippen LogP contribution in [-0.4, -0.2) is 50.1 Å². The van der Waals surface area contributed by atoms with E-state index in [1.165, 1.54) is 21.1 Å². The predicted octanol–water partition coefficient (Wildman–Crippen LogP) is 1.69. The third-order valence-corrected chi connectivity index (χ3v) is 3.28. The molecule has 1 N–H and O–H groups in total. The first kappa shape index (κ1) is 17.8. The summed E-state index contributed by atoms with van der Waals surface area (Å²) in [5.74, 6) is 0.867.